The largest absolute Gasteiger partial charge is 0.506 e. The summed E-state index contributed by atoms with van der Waals surface area (Å²) in [6.07, 6.45) is 1.43. The standard InChI is InChI=1S/C23H27N3O4S/c1-23(2,3)16-10-11-19(27)18(13-16)24-22(28)15-7-6-12-26(14-15)21-17-8-4-5-9-20(17)31(29,30)25-21/h4-5,8-11,13,15,27H,6-7,12,14H2,1-3H3,(H,24,28). The Kier molecular flexibility index (Phi) is 5.29. The van der Waals surface area contributed by atoms with E-state index in [2.05, 4.69) is 30.5 Å². The summed E-state index contributed by atoms with van der Waals surface area (Å²) in [5.74, 6) is -0.106. The first-order valence-corrected chi connectivity index (χ1v) is 11.8. The summed E-state index contributed by atoms with van der Waals surface area (Å²) in [5, 5.41) is 13.1. The lowest BCUT2D eigenvalue weighted by Gasteiger charge is -2.33. The average molecular weight is 442 g/mol. The number of fused-ring (bicyclic) bond motifs is 1. The van der Waals surface area contributed by atoms with Gasteiger partial charge < -0.3 is 15.3 Å². The van der Waals surface area contributed by atoms with Gasteiger partial charge in [-0.3, -0.25) is 4.79 Å². The normalized spacial score (nSPS) is 20.2. The summed E-state index contributed by atoms with van der Waals surface area (Å²) < 4.78 is 28.8. The predicted octanol–water partition coefficient (Wildman–Crippen LogP) is 3.49. The molecule has 2 N–H and O–H groups in total. The first kappa shape index (κ1) is 21.4. The van der Waals surface area contributed by atoms with Crippen LogP contribution in [-0.4, -0.2) is 43.3 Å². The van der Waals surface area contributed by atoms with Gasteiger partial charge in [0.25, 0.3) is 10.0 Å². The molecule has 0 aliphatic carbocycles. The summed E-state index contributed by atoms with van der Waals surface area (Å²) in [7, 11) is -3.70. The number of phenolic OH excluding ortho intramolecular Hbond substituents is 1. The van der Waals surface area contributed by atoms with Crippen LogP contribution in [0.4, 0.5) is 5.69 Å². The minimum absolute atomic E-state index is 0.0224. The Balaban J connectivity index is 1.53. The average Bonchev–Trinajstić information content (AvgIpc) is 3.00. The maximum absolute atomic E-state index is 13.0. The molecule has 0 bridgehead atoms. The molecule has 1 atom stereocenters. The highest BCUT2D eigenvalue weighted by Crippen LogP contribution is 2.33. The molecule has 2 heterocycles. The molecule has 2 aliphatic heterocycles. The maximum Gasteiger partial charge on any atom is 0.285 e. The molecule has 0 spiro atoms. The zero-order valence-corrected chi connectivity index (χ0v) is 18.7. The van der Waals surface area contributed by atoms with Gasteiger partial charge in [-0.1, -0.05) is 39.0 Å². The second kappa shape index (κ2) is 7.67. The third-order valence-corrected chi connectivity index (χ3v) is 7.15. The molecule has 31 heavy (non-hydrogen) atoms. The number of piperidine rings is 1. The maximum atomic E-state index is 13.0. The van der Waals surface area contributed by atoms with Crippen molar-refractivity contribution in [2.24, 2.45) is 10.3 Å². The lowest BCUT2D eigenvalue weighted by molar-refractivity contribution is -0.121. The molecule has 1 fully saturated rings. The number of nitrogens with one attached hydrogen (secondary N) is 1. The zero-order valence-electron chi connectivity index (χ0n) is 17.9. The molecule has 8 heteroatoms. The van der Waals surface area contributed by atoms with Crippen LogP contribution < -0.4 is 5.32 Å². The minimum Gasteiger partial charge on any atom is -0.506 e. The van der Waals surface area contributed by atoms with E-state index in [0.717, 1.165) is 12.0 Å². The number of nitrogens with zero attached hydrogens (tertiary/aromatic N) is 2. The number of sulfonamides is 1. The van der Waals surface area contributed by atoms with Crippen LogP contribution in [0.25, 0.3) is 0 Å². The monoisotopic (exact) mass is 441 g/mol. The van der Waals surface area contributed by atoms with Gasteiger partial charge in [-0.05, 0) is 48.1 Å². The lowest BCUT2D eigenvalue weighted by Crippen LogP contribution is -2.43. The lowest BCUT2D eigenvalue weighted by atomic mass is 9.86. The van der Waals surface area contributed by atoms with E-state index in [1.807, 2.05) is 11.0 Å². The Bertz CT molecular complexity index is 1170. The number of hydrogen-bond donors (Lipinski definition) is 2. The first-order chi connectivity index (χ1) is 14.6. The highest BCUT2D eigenvalue weighted by atomic mass is 32.2. The van der Waals surface area contributed by atoms with Crippen molar-refractivity contribution in [3.8, 4) is 5.75 Å². The molecule has 2 aliphatic rings. The van der Waals surface area contributed by atoms with Crippen LogP contribution in [0, 0.1) is 5.92 Å². The van der Waals surface area contributed by atoms with Crippen molar-refractivity contribution in [3.05, 3.63) is 53.6 Å². The van der Waals surface area contributed by atoms with Gasteiger partial charge in [-0.2, -0.15) is 8.42 Å². The Hall–Kier alpha value is -2.87. The van der Waals surface area contributed by atoms with Crippen LogP contribution in [0.1, 0.15) is 44.7 Å². The molecule has 0 aromatic heterocycles. The van der Waals surface area contributed by atoms with Crippen LogP contribution >= 0.6 is 0 Å². The Morgan fingerprint density at radius 1 is 1.19 bits per heavy atom. The zero-order chi connectivity index (χ0) is 22.4. The van der Waals surface area contributed by atoms with Gasteiger partial charge in [0.05, 0.1) is 11.6 Å². The van der Waals surface area contributed by atoms with E-state index >= 15 is 0 Å². The summed E-state index contributed by atoms with van der Waals surface area (Å²) >= 11 is 0. The van der Waals surface area contributed by atoms with Crippen molar-refractivity contribution in [1.82, 2.24) is 4.90 Å². The molecular formula is C23H27N3O4S. The fourth-order valence-electron chi connectivity index (χ4n) is 4.04. The summed E-state index contributed by atoms with van der Waals surface area (Å²) in [6.45, 7) is 7.21. The van der Waals surface area contributed by atoms with Crippen molar-refractivity contribution in [1.29, 1.82) is 0 Å². The Morgan fingerprint density at radius 3 is 2.68 bits per heavy atom. The Labute approximate surface area is 182 Å². The number of hydrogen-bond acceptors (Lipinski definition) is 5. The molecule has 2 aromatic carbocycles. The van der Waals surface area contributed by atoms with E-state index < -0.39 is 10.0 Å². The highest BCUT2D eigenvalue weighted by Gasteiger charge is 2.35. The molecule has 1 amide bonds. The number of amides is 1. The topological polar surface area (TPSA) is 99.1 Å². The number of carbonyl (C=O) groups excluding carboxylic acids is 1. The smallest absolute Gasteiger partial charge is 0.285 e. The van der Waals surface area contributed by atoms with E-state index in [0.29, 0.717) is 36.6 Å². The van der Waals surface area contributed by atoms with Crippen molar-refractivity contribution in [2.75, 3.05) is 18.4 Å². The molecule has 1 unspecified atom stereocenters. The van der Waals surface area contributed by atoms with Gasteiger partial charge in [-0.15, -0.1) is 4.40 Å². The molecule has 2 aromatic rings. The van der Waals surface area contributed by atoms with Gasteiger partial charge in [0.1, 0.15) is 10.6 Å². The molecular weight excluding hydrogens is 414 g/mol. The summed E-state index contributed by atoms with van der Waals surface area (Å²) in [6, 6.07) is 12.0. The van der Waals surface area contributed by atoms with Crippen molar-refractivity contribution >= 4 is 27.5 Å². The van der Waals surface area contributed by atoms with Gasteiger partial charge in [0, 0.05) is 18.7 Å². The molecule has 0 radical (unpaired) electrons. The second-order valence-electron chi connectivity index (χ2n) is 9.14. The van der Waals surface area contributed by atoms with E-state index in [1.54, 1.807) is 36.4 Å². The number of rotatable bonds is 2. The molecule has 0 saturated carbocycles. The van der Waals surface area contributed by atoms with Crippen LogP contribution in [0.5, 0.6) is 5.75 Å². The first-order valence-electron chi connectivity index (χ1n) is 10.4. The number of aromatic hydroxyl groups is 1. The number of carbonyl (C=O) groups is 1. The third kappa shape index (κ3) is 4.17. The van der Waals surface area contributed by atoms with Crippen molar-refractivity contribution < 1.29 is 18.3 Å². The molecule has 164 valence electrons. The van der Waals surface area contributed by atoms with Crippen LogP contribution in [-0.2, 0) is 20.2 Å². The fourth-order valence-corrected chi connectivity index (χ4v) is 5.27. The van der Waals surface area contributed by atoms with E-state index in [9.17, 15) is 18.3 Å². The van der Waals surface area contributed by atoms with Gasteiger partial charge >= 0.3 is 0 Å². The quantitative estimate of drug-likeness (QED) is 0.695. The Morgan fingerprint density at radius 2 is 1.94 bits per heavy atom. The molecule has 4 rings (SSSR count). The molecule has 1 saturated heterocycles. The van der Waals surface area contributed by atoms with E-state index in [-0.39, 0.29) is 27.9 Å². The van der Waals surface area contributed by atoms with Crippen LogP contribution in [0.15, 0.2) is 51.8 Å². The third-order valence-electron chi connectivity index (χ3n) is 5.82. The summed E-state index contributed by atoms with van der Waals surface area (Å²) in [4.78, 5) is 15.1. The second-order valence-corrected chi connectivity index (χ2v) is 10.7. The van der Waals surface area contributed by atoms with Gasteiger partial charge in [-0.25, -0.2) is 0 Å². The van der Waals surface area contributed by atoms with Crippen molar-refractivity contribution in [2.45, 2.75) is 43.9 Å². The number of phenols is 1. The van der Waals surface area contributed by atoms with Crippen LogP contribution in [0.2, 0.25) is 0 Å². The van der Waals surface area contributed by atoms with Gasteiger partial charge in [0.15, 0.2) is 5.84 Å². The number of anilines is 1. The van der Waals surface area contributed by atoms with E-state index in [1.165, 1.54) is 0 Å². The van der Waals surface area contributed by atoms with Gasteiger partial charge in [0.2, 0.25) is 5.91 Å². The SMILES string of the molecule is CC(C)(C)c1ccc(O)c(NC(=O)C2CCCN(C3=NS(=O)(=O)c4ccccc43)C2)c1. The predicted molar refractivity (Wildman–Crippen MR) is 120 cm³/mol. The number of likely N-dealkylation sites (tertiary alicyclic amines) is 1. The highest BCUT2D eigenvalue weighted by molar-refractivity contribution is 7.90. The minimum atomic E-state index is -3.70. The summed E-state index contributed by atoms with van der Waals surface area (Å²) in [5.41, 5.74) is 1.86. The molecule has 7 nitrogen and oxygen atoms in total. The fraction of sp³-hybridized carbons (Fsp3) is 0.391. The van der Waals surface area contributed by atoms with Crippen LogP contribution in [0.3, 0.4) is 0 Å². The number of benzene rings is 2. The van der Waals surface area contributed by atoms with Crippen molar-refractivity contribution in [3.63, 3.8) is 0 Å². The van der Waals surface area contributed by atoms with E-state index in [4.69, 9.17) is 0 Å². The number of amidine groups is 1.